The van der Waals surface area contributed by atoms with E-state index in [4.69, 9.17) is 15.2 Å². The Morgan fingerprint density at radius 1 is 0.738 bits per heavy atom. The fraction of sp³-hybridized carbons (Fsp3) is 0.286. The maximum atomic E-state index is 9.02. The lowest BCUT2D eigenvalue weighted by Gasteiger charge is -2.32. The SMILES string of the molecule is CC.CC.N#Cc1nccc(NC2CCN(Cc3ccc(-c4nc5ccccc5nc4-c4ccccc4)cc3)CC2)n1. The molecular formula is C35H39N7. The van der Waals surface area contributed by atoms with Crippen LogP contribution in [0.4, 0.5) is 5.82 Å². The number of fused-ring (bicyclic) bond motifs is 1. The summed E-state index contributed by atoms with van der Waals surface area (Å²) in [6.07, 6.45) is 3.67. The standard InChI is InChI=1S/C31H27N7.2C2H6/c32-20-29-33-17-14-28(37-29)34-25-15-18-38(19-16-25)21-22-10-12-24(13-11-22)31-30(23-6-2-1-3-7-23)35-26-8-4-5-9-27(26)36-31;2*1-2/h1-14,17,25H,15-16,18-19,21H2,(H,33,34,37);2*1-2H3. The molecule has 7 nitrogen and oxygen atoms in total. The minimum Gasteiger partial charge on any atom is -0.367 e. The van der Waals surface area contributed by atoms with E-state index in [1.54, 1.807) is 6.20 Å². The summed E-state index contributed by atoms with van der Waals surface area (Å²) in [5.41, 5.74) is 7.00. The highest BCUT2D eigenvalue weighted by Gasteiger charge is 2.20. The lowest BCUT2D eigenvalue weighted by atomic mass is 10.0. The summed E-state index contributed by atoms with van der Waals surface area (Å²) >= 11 is 0. The molecule has 0 radical (unpaired) electrons. The van der Waals surface area contributed by atoms with Gasteiger partial charge in [-0.15, -0.1) is 0 Å². The van der Waals surface area contributed by atoms with Gasteiger partial charge in [-0.25, -0.2) is 19.9 Å². The van der Waals surface area contributed by atoms with Crippen molar-refractivity contribution >= 4 is 16.9 Å². The molecule has 2 aromatic heterocycles. The Kier molecular flexibility index (Phi) is 11.1. The predicted octanol–water partition coefficient (Wildman–Crippen LogP) is 7.75. The molecule has 0 spiro atoms. The first kappa shape index (κ1) is 30.3. The van der Waals surface area contributed by atoms with E-state index in [9.17, 15) is 0 Å². The Morgan fingerprint density at radius 3 is 1.90 bits per heavy atom. The summed E-state index contributed by atoms with van der Waals surface area (Å²) in [7, 11) is 0. The van der Waals surface area contributed by atoms with Crippen LogP contribution in [0.1, 0.15) is 51.9 Å². The van der Waals surface area contributed by atoms with Gasteiger partial charge in [-0.1, -0.05) is 94.4 Å². The van der Waals surface area contributed by atoms with Gasteiger partial charge in [-0.05, 0) is 36.6 Å². The third-order valence-corrected chi connectivity index (χ3v) is 6.95. The lowest BCUT2D eigenvalue weighted by Crippen LogP contribution is -2.38. The van der Waals surface area contributed by atoms with Crippen LogP contribution in [-0.4, -0.2) is 44.0 Å². The third-order valence-electron chi connectivity index (χ3n) is 6.95. The van der Waals surface area contributed by atoms with Gasteiger partial charge in [-0.2, -0.15) is 5.26 Å². The normalized spacial score (nSPS) is 13.2. The summed E-state index contributed by atoms with van der Waals surface area (Å²) in [4.78, 5) is 20.7. The first-order valence-electron chi connectivity index (χ1n) is 14.9. The number of anilines is 1. The van der Waals surface area contributed by atoms with Gasteiger partial charge in [0.25, 0.3) is 0 Å². The third kappa shape index (κ3) is 7.54. The fourth-order valence-electron chi connectivity index (χ4n) is 4.96. The molecule has 0 atom stereocenters. The Bertz CT molecular complexity index is 1590. The summed E-state index contributed by atoms with van der Waals surface area (Å²) in [6, 6.07) is 31.2. The van der Waals surface area contributed by atoms with Gasteiger partial charge >= 0.3 is 0 Å². The highest BCUT2D eigenvalue weighted by Crippen LogP contribution is 2.31. The molecule has 214 valence electrons. The number of benzene rings is 3. The number of piperidine rings is 1. The number of para-hydroxylation sites is 2. The summed E-state index contributed by atoms with van der Waals surface area (Å²) in [5.74, 6) is 0.915. The maximum Gasteiger partial charge on any atom is 0.234 e. The van der Waals surface area contributed by atoms with E-state index in [2.05, 4.69) is 56.6 Å². The number of nitrogens with zero attached hydrogens (tertiary/aromatic N) is 6. The molecule has 1 N–H and O–H groups in total. The number of hydrogen-bond acceptors (Lipinski definition) is 7. The second-order valence-electron chi connectivity index (χ2n) is 9.54. The quantitative estimate of drug-likeness (QED) is 0.228. The largest absolute Gasteiger partial charge is 0.367 e. The van der Waals surface area contributed by atoms with Crippen molar-refractivity contribution in [1.82, 2.24) is 24.8 Å². The van der Waals surface area contributed by atoms with Crippen molar-refractivity contribution in [3.05, 3.63) is 103 Å². The molecule has 7 heteroatoms. The average Bonchev–Trinajstić information content (AvgIpc) is 3.08. The second kappa shape index (κ2) is 15.4. The van der Waals surface area contributed by atoms with E-state index in [1.165, 1.54) is 5.56 Å². The monoisotopic (exact) mass is 557 g/mol. The molecule has 3 heterocycles. The van der Waals surface area contributed by atoms with Gasteiger partial charge < -0.3 is 5.32 Å². The van der Waals surface area contributed by atoms with E-state index < -0.39 is 0 Å². The first-order valence-corrected chi connectivity index (χ1v) is 14.9. The number of aromatic nitrogens is 4. The van der Waals surface area contributed by atoms with Crippen molar-refractivity contribution in [3.8, 4) is 28.6 Å². The molecule has 1 aliphatic rings. The Morgan fingerprint density at radius 2 is 1.31 bits per heavy atom. The summed E-state index contributed by atoms with van der Waals surface area (Å²) in [6.45, 7) is 10.9. The van der Waals surface area contributed by atoms with Gasteiger partial charge in [0, 0.05) is 43.0 Å². The molecule has 0 unspecified atom stereocenters. The lowest BCUT2D eigenvalue weighted by molar-refractivity contribution is 0.211. The molecule has 3 aromatic carbocycles. The first-order chi connectivity index (χ1) is 20.7. The number of nitrogens with one attached hydrogen (secondary N) is 1. The Labute approximate surface area is 249 Å². The molecule has 5 aromatic rings. The van der Waals surface area contributed by atoms with Crippen LogP contribution in [0, 0.1) is 11.3 Å². The van der Waals surface area contributed by atoms with Crippen LogP contribution >= 0.6 is 0 Å². The number of likely N-dealkylation sites (tertiary alicyclic amines) is 1. The zero-order chi connectivity index (χ0) is 29.7. The van der Waals surface area contributed by atoms with Crippen LogP contribution in [0.3, 0.4) is 0 Å². The van der Waals surface area contributed by atoms with Crippen LogP contribution in [0.15, 0.2) is 91.1 Å². The van der Waals surface area contributed by atoms with Crippen LogP contribution in [0.5, 0.6) is 0 Å². The summed E-state index contributed by atoms with van der Waals surface area (Å²) < 4.78 is 0. The molecule has 0 amide bonds. The van der Waals surface area contributed by atoms with Gasteiger partial charge in [0.05, 0.1) is 22.4 Å². The van der Waals surface area contributed by atoms with Crippen molar-refractivity contribution in [3.63, 3.8) is 0 Å². The summed E-state index contributed by atoms with van der Waals surface area (Å²) in [5, 5.41) is 12.5. The van der Waals surface area contributed by atoms with Crippen molar-refractivity contribution in [2.45, 2.75) is 53.1 Å². The molecule has 6 rings (SSSR count). The van der Waals surface area contributed by atoms with E-state index in [1.807, 2.05) is 82.3 Å². The fourth-order valence-corrected chi connectivity index (χ4v) is 4.96. The maximum absolute atomic E-state index is 9.02. The molecule has 0 bridgehead atoms. The zero-order valence-corrected chi connectivity index (χ0v) is 25.0. The second-order valence-corrected chi connectivity index (χ2v) is 9.54. The van der Waals surface area contributed by atoms with Gasteiger partial charge in [-0.3, -0.25) is 4.90 Å². The van der Waals surface area contributed by atoms with Crippen LogP contribution in [0.25, 0.3) is 33.5 Å². The van der Waals surface area contributed by atoms with Crippen molar-refractivity contribution in [2.75, 3.05) is 18.4 Å². The van der Waals surface area contributed by atoms with Gasteiger partial charge in [0.2, 0.25) is 5.82 Å². The topological polar surface area (TPSA) is 90.6 Å². The molecule has 0 aliphatic carbocycles. The highest BCUT2D eigenvalue weighted by molar-refractivity contribution is 5.86. The van der Waals surface area contributed by atoms with Gasteiger partial charge in [0.15, 0.2) is 0 Å². The van der Waals surface area contributed by atoms with Crippen molar-refractivity contribution in [1.29, 1.82) is 5.26 Å². The van der Waals surface area contributed by atoms with E-state index >= 15 is 0 Å². The molecule has 42 heavy (non-hydrogen) atoms. The average molecular weight is 558 g/mol. The molecule has 1 aliphatic heterocycles. The molecule has 1 saturated heterocycles. The minimum absolute atomic E-state index is 0.196. The van der Waals surface area contributed by atoms with E-state index in [0.29, 0.717) is 6.04 Å². The van der Waals surface area contributed by atoms with Crippen molar-refractivity contribution in [2.24, 2.45) is 0 Å². The highest BCUT2D eigenvalue weighted by atomic mass is 15.1. The minimum atomic E-state index is 0.196. The number of nitriles is 1. The van der Waals surface area contributed by atoms with Crippen LogP contribution in [-0.2, 0) is 6.54 Å². The van der Waals surface area contributed by atoms with Crippen LogP contribution in [0.2, 0.25) is 0 Å². The smallest absolute Gasteiger partial charge is 0.234 e. The predicted molar refractivity (Wildman–Crippen MR) is 172 cm³/mol. The molecular weight excluding hydrogens is 518 g/mol. The Hall–Kier alpha value is -4.67. The number of rotatable bonds is 6. The Balaban J connectivity index is 0.000000972. The zero-order valence-electron chi connectivity index (χ0n) is 25.0. The van der Waals surface area contributed by atoms with E-state index in [0.717, 1.165) is 71.8 Å². The number of hydrogen-bond donors (Lipinski definition) is 1. The van der Waals surface area contributed by atoms with E-state index in [-0.39, 0.29) is 5.82 Å². The molecule has 0 saturated carbocycles. The van der Waals surface area contributed by atoms with Crippen LogP contribution < -0.4 is 5.32 Å². The van der Waals surface area contributed by atoms with Crippen molar-refractivity contribution < 1.29 is 0 Å². The molecule has 1 fully saturated rings. The van der Waals surface area contributed by atoms with Gasteiger partial charge in [0.1, 0.15) is 11.9 Å².